The zero-order chi connectivity index (χ0) is 15.8. The van der Waals surface area contributed by atoms with Crippen molar-refractivity contribution in [2.45, 2.75) is 37.6 Å². The highest BCUT2D eigenvalue weighted by Gasteiger charge is 2.19. The molecule has 1 saturated heterocycles. The van der Waals surface area contributed by atoms with Gasteiger partial charge in [0.05, 0.1) is 24.9 Å². The molecule has 22 heavy (non-hydrogen) atoms. The molecule has 0 saturated carbocycles. The first-order valence-corrected chi connectivity index (χ1v) is 8.21. The van der Waals surface area contributed by atoms with Crippen molar-refractivity contribution in [1.29, 1.82) is 0 Å². The van der Waals surface area contributed by atoms with E-state index in [1.807, 2.05) is 6.92 Å². The topological polar surface area (TPSA) is 111 Å². The Kier molecular flexibility index (Phi) is 6.59. The normalized spacial score (nSPS) is 17.4. The van der Waals surface area contributed by atoms with Gasteiger partial charge >= 0.3 is 0 Å². The number of nitrogens with one attached hydrogen (secondary N) is 2. The van der Waals surface area contributed by atoms with Crippen molar-refractivity contribution >= 4 is 23.6 Å². The Bertz CT molecular complexity index is 503. The lowest BCUT2D eigenvalue weighted by atomic mass is 10.2. The summed E-state index contributed by atoms with van der Waals surface area (Å²) in [7, 11) is 0. The summed E-state index contributed by atoms with van der Waals surface area (Å²) < 4.78 is 7.20. The number of amides is 2. The third-order valence-corrected chi connectivity index (χ3v) is 4.01. The number of tetrazole rings is 1. The third kappa shape index (κ3) is 5.26. The zero-order valence-electron chi connectivity index (χ0n) is 12.4. The molecule has 0 unspecified atom stereocenters. The Morgan fingerprint density at radius 1 is 1.41 bits per heavy atom. The number of likely N-dealkylation sites (N-methyl/N-ethyl adjacent to an activating group) is 1. The Morgan fingerprint density at radius 2 is 2.27 bits per heavy atom. The van der Waals surface area contributed by atoms with Crippen LogP contribution in [-0.2, 0) is 20.9 Å². The first-order valence-electron chi connectivity index (χ1n) is 7.23. The molecule has 2 heterocycles. The maximum Gasteiger partial charge on any atom is 0.239 e. The van der Waals surface area contributed by atoms with Gasteiger partial charge in [0.2, 0.25) is 17.0 Å². The SMILES string of the molecule is CCNC(=O)CNC(=O)CSc1nnnn1C[C@@H]1CCCO1. The number of carbonyl (C=O) groups is 2. The Labute approximate surface area is 132 Å². The molecule has 122 valence electrons. The molecule has 1 fully saturated rings. The number of aromatic nitrogens is 4. The number of rotatable bonds is 8. The maximum atomic E-state index is 11.7. The summed E-state index contributed by atoms with van der Waals surface area (Å²) in [5, 5.41) is 17.2. The molecule has 0 aromatic carbocycles. The Morgan fingerprint density at radius 3 is 3.00 bits per heavy atom. The highest BCUT2D eigenvalue weighted by molar-refractivity contribution is 7.99. The molecule has 1 aliphatic rings. The molecule has 2 rings (SSSR count). The van der Waals surface area contributed by atoms with E-state index in [1.165, 1.54) is 11.8 Å². The van der Waals surface area contributed by atoms with Gasteiger partial charge in [-0.25, -0.2) is 4.68 Å². The van der Waals surface area contributed by atoms with Gasteiger partial charge in [0.1, 0.15) is 0 Å². The van der Waals surface area contributed by atoms with E-state index in [4.69, 9.17) is 4.74 Å². The molecule has 0 radical (unpaired) electrons. The summed E-state index contributed by atoms with van der Waals surface area (Å²) in [5.74, 6) is -0.280. The summed E-state index contributed by atoms with van der Waals surface area (Å²) in [6.07, 6.45) is 2.18. The molecule has 0 spiro atoms. The van der Waals surface area contributed by atoms with Crippen LogP contribution in [0.4, 0.5) is 0 Å². The van der Waals surface area contributed by atoms with Gasteiger partial charge in [-0.3, -0.25) is 9.59 Å². The van der Waals surface area contributed by atoms with E-state index in [-0.39, 0.29) is 30.2 Å². The van der Waals surface area contributed by atoms with E-state index in [0.29, 0.717) is 18.2 Å². The van der Waals surface area contributed by atoms with Crippen LogP contribution < -0.4 is 10.6 Å². The average Bonchev–Trinajstić information content (AvgIpc) is 3.16. The molecule has 1 aromatic rings. The second-order valence-electron chi connectivity index (χ2n) is 4.80. The zero-order valence-corrected chi connectivity index (χ0v) is 13.3. The highest BCUT2D eigenvalue weighted by atomic mass is 32.2. The lowest BCUT2D eigenvalue weighted by Crippen LogP contribution is -2.37. The smallest absolute Gasteiger partial charge is 0.239 e. The number of ether oxygens (including phenoxy) is 1. The minimum absolute atomic E-state index is 0.0198. The molecule has 0 bridgehead atoms. The van der Waals surface area contributed by atoms with E-state index in [9.17, 15) is 9.59 Å². The maximum absolute atomic E-state index is 11.7. The van der Waals surface area contributed by atoms with Gasteiger partial charge in [-0.2, -0.15) is 0 Å². The number of hydrogen-bond acceptors (Lipinski definition) is 7. The second-order valence-corrected chi connectivity index (χ2v) is 5.74. The van der Waals surface area contributed by atoms with Crippen molar-refractivity contribution in [3.05, 3.63) is 0 Å². The minimum atomic E-state index is -0.233. The van der Waals surface area contributed by atoms with Crippen molar-refractivity contribution in [2.75, 3.05) is 25.4 Å². The monoisotopic (exact) mass is 328 g/mol. The highest BCUT2D eigenvalue weighted by Crippen LogP contribution is 2.18. The summed E-state index contributed by atoms with van der Waals surface area (Å²) in [6, 6.07) is 0. The van der Waals surface area contributed by atoms with Gasteiger partial charge in [0, 0.05) is 13.2 Å². The largest absolute Gasteiger partial charge is 0.376 e. The van der Waals surface area contributed by atoms with Crippen LogP contribution in [0.2, 0.25) is 0 Å². The molecule has 1 aromatic heterocycles. The molecule has 2 N–H and O–H groups in total. The summed E-state index contributed by atoms with van der Waals surface area (Å²) >= 11 is 1.24. The van der Waals surface area contributed by atoms with Crippen LogP contribution in [-0.4, -0.2) is 63.6 Å². The quantitative estimate of drug-likeness (QED) is 0.601. The fraction of sp³-hybridized carbons (Fsp3) is 0.750. The van der Waals surface area contributed by atoms with Crippen LogP contribution in [0.1, 0.15) is 19.8 Å². The molecule has 0 aliphatic carbocycles. The average molecular weight is 328 g/mol. The van der Waals surface area contributed by atoms with E-state index < -0.39 is 0 Å². The second kappa shape index (κ2) is 8.69. The third-order valence-electron chi connectivity index (χ3n) is 3.05. The van der Waals surface area contributed by atoms with Gasteiger partial charge < -0.3 is 15.4 Å². The van der Waals surface area contributed by atoms with Gasteiger partial charge in [-0.05, 0) is 30.2 Å². The lowest BCUT2D eigenvalue weighted by molar-refractivity contribution is -0.124. The van der Waals surface area contributed by atoms with Gasteiger partial charge in [-0.1, -0.05) is 11.8 Å². The van der Waals surface area contributed by atoms with Crippen LogP contribution in [0.3, 0.4) is 0 Å². The van der Waals surface area contributed by atoms with Crippen LogP contribution in [0.5, 0.6) is 0 Å². The summed E-state index contributed by atoms with van der Waals surface area (Å²) in [5.41, 5.74) is 0. The molecular weight excluding hydrogens is 308 g/mol. The Balaban J connectivity index is 1.73. The minimum Gasteiger partial charge on any atom is -0.376 e. The fourth-order valence-corrected chi connectivity index (χ4v) is 2.73. The summed E-state index contributed by atoms with van der Waals surface area (Å²) in [4.78, 5) is 22.9. The fourth-order valence-electron chi connectivity index (χ4n) is 2.02. The molecular formula is C12H20N6O3S. The van der Waals surface area contributed by atoms with Gasteiger partial charge in [0.25, 0.3) is 0 Å². The first-order chi connectivity index (χ1) is 10.7. The van der Waals surface area contributed by atoms with E-state index in [1.54, 1.807) is 4.68 Å². The predicted molar refractivity (Wildman–Crippen MR) is 79.2 cm³/mol. The van der Waals surface area contributed by atoms with Crippen LogP contribution in [0, 0.1) is 0 Å². The van der Waals surface area contributed by atoms with Crippen LogP contribution in [0.15, 0.2) is 5.16 Å². The number of hydrogen-bond donors (Lipinski definition) is 2. The van der Waals surface area contributed by atoms with E-state index in [2.05, 4.69) is 26.2 Å². The van der Waals surface area contributed by atoms with Gasteiger partial charge in [-0.15, -0.1) is 5.10 Å². The van der Waals surface area contributed by atoms with Gasteiger partial charge in [0.15, 0.2) is 0 Å². The van der Waals surface area contributed by atoms with Crippen molar-refractivity contribution in [1.82, 2.24) is 30.8 Å². The van der Waals surface area contributed by atoms with Crippen LogP contribution in [0.25, 0.3) is 0 Å². The molecule has 10 heteroatoms. The van der Waals surface area contributed by atoms with E-state index >= 15 is 0 Å². The first kappa shape index (κ1) is 16.7. The molecule has 1 aliphatic heterocycles. The molecule has 2 amide bonds. The van der Waals surface area contributed by atoms with Crippen molar-refractivity contribution in [3.8, 4) is 0 Å². The molecule has 1 atom stereocenters. The van der Waals surface area contributed by atoms with Crippen molar-refractivity contribution in [2.24, 2.45) is 0 Å². The van der Waals surface area contributed by atoms with E-state index in [0.717, 1.165) is 19.4 Å². The summed E-state index contributed by atoms with van der Waals surface area (Å²) in [6.45, 7) is 3.71. The van der Waals surface area contributed by atoms with Crippen molar-refractivity contribution in [3.63, 3.8) is 0 Å². The number of carbonyl (C=O) groups excluding carboxylic acids is 2. The molecule has 9 nitrogen and oxygen atoms in total. The standard InChI is InChI=1S/C12H20N6O3S/c1-2-13-10(19)6-14-11(20)8-22-12-15-16-17-18(12)7-9-4-3-5-21-9/h9H,2-8H2,1H3,(H,13,19)(H,14,20)/t9-/m0/s1. The predicted octanol–water partition coefficient (Wildman–Crippen LogP) is -0.803. The number of nitrogens with zero attached hydrogens (tertiary/aromatic N) is 4. The Hall–Kier alpha value is -1.68. The van der Waals surface area contributed by atoms with Crippen LogP contribution >= 0.6 is 11.8 Å². The number of thioether (sulfide) groups is 1. The van der Waals surface area contributed by atoms with Crippen molar-refractivity contribution < 1.29 is 14.3 Å². The lowest BCUT2D eigenvalue weighted by Gasteiger charge is -2.10.